The van der Waals surface area contributed by atoms with E-state index in [1.807, 2.05) is 17.0 Å². The summed E-state index contributed by atoms with van der Waals surface area (Å²) in [5.41, 5.74) is 3.42. The van der Waals surface area contributed by atoms with Crippen LogP contribution in [0.3, 0.4) is 0 Å². The number of aryl methyl sites for hydroxylation is 1. The minimum absolute atomic E-state index is 0.0668. The molecule has 8 nitrogen and oxygen atoms in total. The third kappa shape index (κ3) is 3.67. The van der Waals surface area contributed by atoms with Crippen molar-refractivity contribution in [1.82, 2.24) is 9.88 Å². The highest BCUT2D eigenvalue weighted by Crippen LogP contribution is 2.32. The molecular formula is C21H26N3O5+. The predicted octanol–water partition coefficient (Wildman–Crippen LogP) is 0.688. The van der Waals surface area contributed by atoms with Crippen molar-refractivity contribution < 1.29 is 28.7 Å². The maximum Gasteiger partial charge on any atom is 0.339 e. The molecule has 1 saturated heterocycles. The number of nitrogens with one attached hydrogen (secondary N) is 2. The van der Waals surface area contributed by atoms with Crippen molar-refractivity contribution in [2.45, 2.75) is 20.4 Å². The van der Waals surface area contributed by atoms with E-state index in [9.17, 15) is 9.59 Å². The fourth-order valence-electron chi connectivity index (χ4n) is 4.07. The van der Waals surface area contributed by atoms with Gasteiger partial charge in [0.1, 0.15) is 12.2 Å². The number of hydrogen-bond acceptors (Lipinski definition) is 5. The van der Waals surface area contributed by atoms with Crippen LogP contribution in [0.4, 0.5) is 0 Å². The van der Waals surface area contributed by atoms with E-state index in [-0.39, 0.29) is 12.7 Å². The molecule has 3 heterocycles. The van der Waals surface area contributed by atoms with E-state index < -0.39 is 5.97 Å². The Morgan fingerprint density at radius 2 is 1.90 bits per heavy atom. The molecule has 8 heteroatoms. The van der Waals surface area contributed by atoms with Crippen LogP contribution in [-0.4, -0.2) is 61.8 Å². The second-order valence-corrected chi connectivity index (χ2v) is 7.52. The summed E-state index contributed by atoms with van der Waals surface area (Å²) in [5, 5.41) is 0. The number of fused-ring (bicyclic) bond motifs is 1. The molecule has 1 fully saturated rings. The van der Waals surface area contributed by atoms with Gasteiger partial charge in [0, 0.05) is 11.3 Å². The van der Waals surface area contributed by atoms with E-state index >= 15 is 0 Å². The van der Waals surface area contributed by atoms with E-state index in [1.54, 1.807) is 13.8 Å². The van der Waals surface area contributed by atoms with E-state index in [0.717, 1.165) is 31.1 Å². The number of nitrogens with zero attached hydrogens (tertiary/aromatic N) is 1. The van der Waals surface area contributed by atoms with Crippen molar-refractivity contribution in [3.05, 3.63) is 46.3 Å². The first kappa shape index (κ1) is 19.3. The first-order valence-electron chi connectivity index (χ1n) is 9.76. The number of methoxy groups -OCH3 is 1. The van der Waals surface area contributed by atoms with Crippen LogP contribution in [0, 0.1) is 13.8 Å². The number of H-pyrrole nitrogens is 1. The summed E-state index contributed by atoms with van der Waals surface area (Å²) in [6.07, 6.45) is 0. The minimum Gasteiger partial charge on any atom is -0.465 e. The number of esters is 1. The van der Waals surface area contributed by atoms with Gasteiger partial charge in [0.05, 0.1) is 38.9 Å². The topological polar surface area (TPSA) is 85.3 Å². The summed E-state index contributed by atoms with van der Waals surface area (Å²) in [7, 11) is 1.35. The van der Waals surface area contributed by atoms with Crippen LogP contribution in [0.5, 0.6) is 11.5 Å². The lowest BCUT2D eigenvalue weighted by molar-refractivity contribution is -0.917. The van der Waals surface area contributed by atoms with Crippen LogP contribution < -0.4 is 14.4 Å². The molecule has 1 aromatic carbocycles. The Morgan fingerprint density at radius 3 is 2.62 bits per heavy atom. The predicted molar refractivity (Wildman–Crippen MR) is 104 cm³/mol. The molecule has 0 saturated carbocycles. The van der Waals surface area contributed by atoms with Gasteiger partial charge in [-0.1, -0.05) is 0 Å². The van der Waals surface area contributed by atoms with Gasteiger partial charge in [-0.3, -0.25) is 4.79 Å². The highest BCUT2D eigenvalue weighted by molar-refractivity contribution is 6.00. The summed E-state index contributed by atoms with van der Waals surface area (Å²) in [5.74, 6) is 1.10. The summed E-state index contributed by atoms with van der Waals surface area (Å²) >= 11 is 0. The first-order chi connectivity index (χ1) is 14.0. The van der Waals surface area contributed by atoms with Crippen LogP contribution in [0.25, 0.3) is 0 Å². The van der Waals surface area contributed by atoms with Crippen molar-refractivity contribution in [2.75, 3.05) is 40.1 Å². The fourth-order valence-corrected chi connectivity index (χ4v) is 4.07. The summed E-state index contributed by atoms with van der Waals surface area (Å²) < 4.78 is 15.6. The van der Waals surface area contributed by atoms with Crippen molar-refractivity contribution in [3.63, 3.8) is 0 Å². The molecule has 0 bridgehead atoms. The summed E-state index contributed by atoms with van der Waals surface area (Å²) in [6.45, 7) is 7.79. The maximum atomic E-state index is 13.0. The number of quaternary nitrogens is 1. The minimum atomic E-state index is -0.423. The van der Waals surface area contributed by atoms with Crippen molar-refractivity contribution >= 4 is 11.9 Å². The number of carbonyl (C=O) groups is 2. The molecule has 2 aliphatic heterocycles. The van der Waals surface area contributed by atoms with Gasteiger partial charge < -0.3 is 29.0 Å². The standard InChI is InChI=1S/C21H25N3O5/c1-13-18(21(26)27-3)14(2)22-19(13)20(25)24-8-6-23(7-9-24)11-15-4-5-16-17(10-15)29-12-28-16/h4-5,10,22H,6-9,11-12H2,1-3H3/p+1. The van der Waals surface area contributed by atoms with E-state index in [2.05, 4.69) is 11.1 Å². The third-order valence-corrected chi connectivity index (χ3v) is 5.69. The molecule has 0 aliphatic carbocycles. The molecular weight excluding hydrogens is 374 g/mol. The largest absolute Gasteiger partial charge is 0.465 e. The molecule has 2 aromatic rings. The van der Waals surface area contributed by atoms with Gasteiger partial charge in [-0.2, -0.15) is 0 Å². The zero-order valence-electron chi connectivity index (χ0n) is 17.0. The molecule has 0 spiro atoms. The van der Waals surface area contributed by atoms with Crippen molar-refractivity contribution in [1.29, 1.82) is 0 Å². The molecule has 0 radical (unpaired) electrons. The molecule has 1 amide bonds. The fraction of sp³-hybridized carbons (Fsp3) is 0.429. The number of rotatable bonds is 4. The van der Waals surface area contributed by atoms with Gasteiger partial charge in [-0.05, 0) is 37.6 Å². The highest BCUT2D eigenvalue weighted by Gasteiger charge is 2.29. The van der Waals surface area contributed by atoms with Gasteiger partial charge in [0.15, 0.2) is 11.5 Å². The zero-order valence-corrected chi connectivity index (χ0v) is 17.0. The van der Waals surface area contributed by atoms with Gasteiger partial charge in [0.25, 0.3) is 5.91 Å². The lowest BCUT2D eigenvalue weighted by atomic mass is 10.1. The smallest absolute Gasteiger partial charge is 0.339 e. The van der Waals surface area contributed by atoms with Crippen LogP contribution in [0.15, 0.2) is 18.2 Å². The van der Waals surface area contributed by atoms with Crippen molar-refractivity contribution in [3.8, 4) is 11.5 Å². The quantitative estimate of drug-likeness (QED) is 0.738. The molecule has 1 aromatic heterocycles. The van der Waals surface area contributed by atoms with Gasteiger partial charge >= 0.3 is 5.97 Å². The third-order valence-electron chi connectivity index (χ3n) is 5.69. The molecule has 29 heavy (non-hydrogen) atoms. The number of benzene rings is 1. The molecule has 0 atom stereocenters. The van der Waals surface area contributed by atoms with Gasteiger partial charge in [0.2, 0.25) is 6.79 Å². The van der Waals surface area contributed by atoms with E-state index in [1.165, 1.54) is 17.6 Å². The van der Waals surface area contributed by atoms with E-state index in [4.69, 9.17) is 14.2 Å². The maximum absolute atomic E-state index is 13.0. The average Bonchev–Trinajstić information content (AvgIpc) is 3.31. The van der Waals surface area contributed by atoms with Crippen molar-refractivity contribution in [2.24, 2.45) is 0 Å². The number of hydrogen-bond donors (Lipinski definition) is 2. The molecule has 2 N–H and O–H groups in total. The second kappa shape index (κ2) is 7.79. The molecule has 0 unspecified atom stereocenters. The Labute approximate surface area is 169 Å². The summed E-state index contributed by atoms with van der Waals surface area (Å²) in [6, 6.07) is 6.05. The highest BCUT2D eigenvalue weighted by atomic mass is 16.7. The first-order valence-corrected chi connectivity index (χ1v) is 9.76. The Balaban J connectivity index is 1.38. The Bertz CT molecular complexity index is 944. The number of aromatic nitrogens is 1. The number of ether oxygens (including phenoxy) is 3. The van der Waals surface area contributed by atoms with Crippen LogP contribution >= 0.6 is 0 Å². The second-order valence-electron chi connectivity index (χ2n) is 7.52. The average molecular weight is 400 g/mol. The van der Waals surface area contributed by atoms with E-state index in [0.29, 0.717) is 35.6 Å². The normalized spacial score (nSPS) is 16.2. The molecule has 4 rings (SSSR count). The lowest BCUT2D eigenvalue weighted by Gasteiger charge is -2.32. The monoisotopic (exact) mass is 400 g/mol. The van der Waals surface area contributed by atoms with Crippen LogP contribution in [-0.2, 0) is 11.3 Å². The number of piperazine rings is 1. The number of amides is 1. The molecule has 154 valence electrons. The molecule has 2 aliphatic rings. The van der Waals surface area contributed by atoms with Gasteiger partial charge in [-0.15, -0.1) is 0 Å². The summed E-state index contributed by atoms with van der Waals surface area (Å²) in [4.78, 5) is 31.3. The Kier molecular flexibility index (Phi) is 5.19. The number of aromatic amines is 1. The van der Waals surface area contributed by atoms with Crippen LogP contribution in [0.2, 0.25) is 0 Å². The SMILES string of the molecule is COC(=O)c1c(C)[nH]c(C(=O)N2CC[NH+](Cc3ccc4c(c3)OCO4)CC2)c1C. The zero-order chi connectivity index (χ0) is 20.5. The lowest BCUT2D eigenvalue weighted by Crippen LogP contribution is -3.13. The number of carbonyl (C=O) groups excluding carboxylic acids is 2. The van der Waals surface area contributed by atoms with Crippen LogP contribution in [0.1, 0.15) is 37.7 Å². The van der Waals surface area contributed by atoms with Gasteiger partial charge in [-0.25, -0.2) is 4.79 Å². The Hall–Kier alpha value is -3.00. The Morgan fingerprint density at radius 1 is 1.17 bits per heavy atom.